The molecule has 1 aliphatic rings. The molecule has 26 heavy (non-hydrogen) atoms. The fraction of sp³-hybridized carbons (Fsp3) is 0.294. The number of fused-ring (bicyclic) bond motifs is 2. The van der Waals surface area contributed by atoms with Crippen molar-refractivity contribution in [2.45, 2.75) is 26.2 Å². The molecule has 0 radical (unpaired) electrons. The number of aromatic nitrogens is 3. The van der Waals surface area contributed by atoms with E-state index in [1.807, 2.05) is 6.07 Å². The molecule has 0 bridgehead atoms. The Morgan fingerprint density at radius 3 is 2.77 bits per heavy atom. The second-order valence-corrected chi connectivity index (χ2v) is 6.15. The number of hydrogen-bond acceptors (Lipinski definition) is 5. The number of H-pyrrole nitrogens is 1. The van der Waals surface area contributed by atoms with Crippen LogP contribution in [0.25, 0.3) is 10.9 Å². The average molecular weight is 359 g/mol. The Morgan fingerprint density at radius 2 is 2.08 bits per heavy atom. The topological polar surface area (TPSA) is 90.9 Å². The van der Waals surface area contributed by atoms with Gasteiger partial charge in [-0.25, -0.2) is 18.2 Å². The van der Waals surface area contributed by atoms with Crippen molar-refractivity contribution in [3.05, 3.63) is 40.5 Å². The number of nitriles is 1. The first kappa shape index (κ1) is 16.3. The summed E-state index contributed by atoms with van der Waals surface area (Å²) in [7, 11) is 0. The summed E-state index contributed by atoms with van der Waals surface area (Å²) in [5.41, 5.74) is 1.30. The minimum Gasteiger partial charge on any atom is -0.336 e. The lowest BCUT2D eigenvalue weighted by molar-refractivity contribution is 0.218. The first-order valence-electron chi connectivity index (χ1n) is 7.79. The van der Waals surface area contributed by atoms with Crippen LogP contribution in [0, 0.1) is 36.9 Å². The fourth-order valence-electron chi connectivity index (χ4n) is 3.40. The number of hydrogen-bond donors (Lipinski definition) is 1. The third-order valence-corrected chi connectivity index (χ3v) is 4.64. The van der Waals surface area contributed by atoms with Crippen LogP contribution in [0.15, 0.2) is 21.6 Å². The molecule has 2 atom stereocenters. The van der Waals surface area contributed by atoms with Crippen molar-refractivity contribution in [3.63, 3.8) is 0 Å². The molecule has 0 spiro atoms. The number of aliphatic imine (C=N–C) groups is 1. The average Bonchev–Trinajstić information content (AvgIpc) is 3.15. The number of halogens is 3. The standard InChI is InChI=1S/C17H12F3N5O/c1-6-8-3-9(11(18)4-12(8)24-23-6)14-10(5-21)15(16(19)20)22-17-13(14)7(2)25-26-17/h3-4,10,14,16H,1-2H3,(H,23,24). The van der Waals surface area contributed by atoms with Crippen LogP contribution in [0.5, 0.6) is 0 Å². The van der Waals surface area contributed by atoms with Crippen LogP contribution in [0.4, 0.5) is 19.1 Å². The zero-order chi connectivity index (χ0) is 18.6. The van der Waals surface area contributed by atoms with E-state index in [4.69, 9.17) is 4.52 Å². The molecule has 4 rings (SSSR count). The van der Waals surface area contributed by atoms with Crippen molar-refractivity contribution in [2.24, 2.45) is 10.9 Å². The molecule has 3 heterocycles. The van der Waals surface area contributed by atoms with Gasteiger partial charge in [0, 0.05) is 23.1 Å². The quantitative estimate of drug-likeness (QED) is 0.750. The highest BCUT2D eigenvalue weighted by Crippen LogP contribution is 2.46. The third kappa shape index (κ3) is 2.22. The number of nitrogens with zero attached hydrogens (tertiary/aromatic N) is 4. The Bertz CT molecular complexity index is 1090. The van der Waals surface area contributed by atoms with E-state index in [2.05, 4.69) is 20.3 Å². The summed E-state index contributed by atoms with van der Waals surface area (Å²) in [4.78, 5) is 3.77. The summed E-state index contributed by atoms with van der Waals surface area (Å²) in [5, 5.41) is 20.7. The molecule has 2 unspecified atom stereocenters. The molecule has 6 nitrogen and oxygen atoms in total. The van der Waals surface area contributed by atoms with Gasteiger partial charge in [0.15, 0.2) is 0 Å². The fourth-order valence-corrected chi connectivity index (χ4v) is 3.40. The molecule has 1 aromatic carbocycles. The molecular weight excluding hydrogens is 347 g/mol. The van der Waals surface area contributed by atoms with Crippen LogP contribution in [-0.4, -0.2) is 27.5 Å². The van der Waals surface area contributed by atoms with Crippen molar-refractivity contribution in [1.29, 1.82) is 5.26 Å². The molecule has 9 heteroatoms. The predicted molar refractivity (Wildman–Crippen MR) is 86.1 cm³/mol. The second kappa shape index (κ2) is 5.69. The summed E-state index contributed by atoms with van der Waals surface area (Å²) in [6.45, 7) is 3.37. The zero-order valence-electron chi connectivity index (χ0n) is 13.7. The van der Waals surface area contributed by atoms with Gasteiger partial charge in [0.05, 0.1) is 22.8 Å². The van der Waals surface area contributed by atoms with Crippen LogP contribution in [-0.2, 0) is 0 Å². The number of benzene rings is 1. The van der Waals surface area contributed by atoms with E-state index in [9.17, 15) is 18.4 Å². The van der Waals surface area contributed by atoms with Gasteiger partial charge in [-0.1, -0.05) is 5.16 Å². The van der Waals surface area contributed by atoms with Gasteiger partial charge in [-0.05, 0) is 25.5 Å². The molecule has 0 aliphatic carbocycles. The molecule has 3 aromatic rings. The molecular formula is C17H12F3N5O. The summed E-state index contributed by atoms with van der Waals surface area (Å²) < 4.78 is 46.8. The highest BCUT2D eigenvalue weighted by atomic mass is 19.3. The maximum absolute atomic E-state index is 14.8. The number of rotatable bonds is 2. The SMILES string of the molecule is Cc1noc2c1C(c1cc3c(C)[nH]nc3cc1F)C(C#N)C(C(F)F)=N2. The predicted octanol–water partition coefficient (Wildman–Crippen LogP) is 3.93. The van der Waals surface area contributed by atoms with Crippen LogP contribution in [0.3, 0.4) is 0 Å². The summed E-state index contributed by atoms with van der Waals surface area (Å²) in [5.74, 6) is -3.09. The maximum atomic E-state index is 14.8. The first-order chi connectivity index (χ1) is 12.4. The molecule has 0 saturated heterocycles. The van der Waals surface area contributed by atoms with E-state index in [1.165, 1.54) is 12.1 Å². The minimum atomic E-state index is -2.97. The van der Waals surface area contributed by atoms with Crippen molar-refractivity contribution in [3.8, 4) is 6.07 Å². The summed E-state index contributed by atoms with van der Waals surface area (Å²) in [6, 6.07) is 4.61. The van der Waals surface area contributed by atoms with Crippen molar-refractivity contribution < 1.29 is 17.7 Å². The van der Waals surface area contributed by atoms with Crippen LogP contribution < -0.4 is 0 Å². The zero-order valence-corrected chi connectivity index (χ0v) is 13.7. The summed E-state index contributed by atoms with van der Waals surface area (Å²) >= 11 is 0. The molecule has 1 N–H and O–H groups in total. The van der Waals surface area contributed by atoms with Gasteiger partial charge in [0.1, 0.15) is 17.4 Å². The van der Waals surface area contributed by atoms with Gasteiger partial charge in [0.25, 0.3) is 12.3 Å². The van der Waals surface area contributed by atoms with Gasteiger partial charge in [0.2, 0.25) is 0 Å². The monoisotopic (exact) mass is 359 g/mol. The highest BCUT2D eigenvalue weighted by molar-refractivity contribution is 5.96. The van der Waals surface area contributed by atoms with E-state index in [0.29, 0.717) is 27.9 Å². The lowest BCUT2D eigenvalue weighted by Gasteiger charge is -2.27. The van der Waals surface area contributed by atoms with Crippen molar-refractivity contribution in [1.82, 2.24) is 15.4 Å². The minimum absolute atomic E-state index is 0.106. The lowest BCUT2D eigenvalue weighted by Crippen LogP contribution is -2.30. The Kier molecular flexibility index (Phi) is 3.57. The Hall–Kier alpha value is -3.15. The normalized spacial score (nSPS) is 19.5. The number of aromatic amines is 1. The number of nitrogens with one attached hydrogen (secondary N) is 1. The van der Waals surface area contributed by atoms with Crippen LogP contribution >= 0.6 is 0 Å². The second-order valence-electron chi connectivity index (χ2n) is 6.15. The van der Waals surface area contributed by atoms with E-state index >= 15 is 0 Å². The third-order valence-electron chi connectivity index (χ3n) is 4.64. The molecule has 132 valence electrons. The highest BCUT2D eigenvalue weighted by Gasteiger charge is 2.42. The summed E-state index contributed by atoms with van der Waals surface area (Å²) in [6.07, 6.45) is -2.97. The number of aryl methyl sites for hydroxylation is 2. The molecule has 0 saturated carbocycles. The maximum Gasteiger partial charge on any atom is 0.278 e. The molecule has 2 aromatic heterocycles. The largest absolute Gasteiger partial charge is 0.336 e. The van der Waals surface area contributed by atoms with Gasteiger partial charge in [-0.3, -0.25) is 5.10 Å². The van der Waals surface area contributed by atoms with Crippen LogP contribution in [0.2, 0.25) is 0 Å². The first-order valence-corrected chi connectivity index (χ1v) is 7.79. The van der Waals surface area contributed by atoms with E-state index < -0.39 is 29.8 Å². The van der Waals surface area contributed by atoms with Crippen LogP contribution in [0.1, 0.15) is 28.4 Å². The van der Waals surface area contributed by atoms with Gasteiger partial charge in [-0.15, -0.1) is 0 Å². The van der Waals surface area contributed by atoms with Crippen molar-refractivity contribution in [2.75, 3.05) is 0 Å². The molecule has 1 aliphatic heterocycles. The van der Waals surface area contributed by atoms with Crippen molar-refractivity contribution >= 4 is 22.5 Å². The number of alkyl halides is 2. The van der Waals surface area contributed by atoms with Gasteiger partial charge in [-0.2, -0.15) is 10.4 Å². The Balaban J connectivity index is 2.01. The smallest absolute Gasteiger partial charge is 0.278 e. The lowest BCUT2D eigenvalue weighted by atomic mass is 9.76. The molecule has 0 fully saturated rings. The van der Waals surface area contributed by atoms with E-state index in [1.54, 1.807) is 13.8 Å². The van der Waals surface area contributed by atoms with Gasteiger partial charge >= 0.3 is 0 Å². The van der Waals surface area contributed by atoms with E-state index in [-0.39, 0.29) is 11.4 Å². The van der Waals surface area contributed by atoms with E-state index in [0.717, 1.165) is 0 Å². The van der Waals surface area contributed by atoms with Gasteiger partial charge < -0.3 is 4.52 Å². The molecule has 0 amide bonds. The Morgan fingerprint density at radius 1 is 1.31 bits per heavy atom. The Labute approximate surface area is 145 Å².